The number of nitrogens with one attached hydrogen (secondary N) is 1. The van der Waals surface area contributed by atoms with Crippen LogP contribution in [0.25, 0.3) is 5.57 Å². The van der Waals surface area contributed by atoms with Crippen molar-refractivity contribution in [1.29, 1.82) is 0 Å². The van der Waals surface area contributed by atoms with Gasteiger partial charge in [0, 0.05) is 5.57 Å². The average Bonchev–Trinajstić information content (AvgIpc) is 2.94. The number of ether oxygens (including phenoxy) is 1. The predicted molar refractivity (Wildman–Crippen MR) is 92.7 cm³/mol. The van der Waals surface area contributed by atoms with Gasteiger partial charge in [0.05, 0.1) is 18.5 Å². The molecule has 0 saturated carbocycles. The number of aromatic amines is 1. The molecule has 0 radical (unpaired) electrons. The molecular weight excluding hydrogens is 272 g/mol. The van der Waals surface area contributed by atoms with Crippen LogP contribution in [-0.2, 0) is 4.74 Å². The molecule has 0 saturated heterocycles. The molecule has 0 aliphatic carbocycles. The lowest BCUT2D eigenvalue weighted by Gasteiger charge is -2.25. The van der Waals surface area contributed by atoms with Crippen LogP contribution in [0.4, 0.5) is 0 Å². The number of aryl methyl sites for hydroxylation is 1. The van der Waals surface area contributed by atoms with Crippen molar-refractivity contribution < 1.29 is 4.74 Å². The fraction of sp³-hybridized carbons (Fsp3) is 0.632. The third-order valence-electron chi connectivity index (χ3n) is 4.11. The van der Waals surface area contributed by atoms with Crippen molar-refractivity contribution in [2.75, 3.05) is 6.61 Å². The Labute approximate surface area is 134 Å². The van der Waals surface area contributed by atoms with Crippen molar-refractivity contribution in [3.63, 3.8) is 0 Å². The standard InChI is InChI=1S/C19H30N2O/c1-4-5-6-7-8-9-10-11-19-17(12-15(2)14-22-19)18-13-20-16(3)21-18/h10-13,15,19H,4-9,14H2,1-3H3,(H,20,21)/b11-10+/t15-,19+/m1/s1. The Morgan fingerprint density at radius 1 is 1.32 bits per heavy atom. The Hall–Kier alpha value is -1.35. The maximum Gasteiger partial charge on any atom is 0.103 e. The Balaban J connectivity index is 1.89. The summed E-state index contributed by atoms with van der Waals surface area (Å²) in [4.78, 5) is 7.64. The summed E-state index contributed by atoms with van der Waals surface area (Å²) in [6, 6.07) is 0. The molecule has 3 nitrogen and oxygen atoms in total. The van der Waals surface area contributed by atoms with Gasteiger partial charge in [-0.2, -0.15) is 0 Å². The predicted octanol–water partition coefficient (Wildman–Crippen LogP) is 5.05. The van der Waals surface area contributed by atoms with Gasteiger partial charge < -0.3 is 9.72 Å². The average molecular weight is 302 g/mol. The van der Waals surface area contributed by atoms with E-state index < -0.39 is 0 Å². The zero-order valence-electron chi connectivity index (χ0n) is 14.3. The third-order valence-corrected chi connectivity index (χ3v) is 4.11. The summed E-state index contributed by atoms with van der Waals surface area (Å²) in [5.41, 5.74) is 2.31. The van der Waals surface area contributed by atoms with E-state index in [1.165, 1.54) is 37.7 Å². The number of imidazole rings is 1. The first-order chi connectivity index (χ1) is 10.7. The van der Waals surface area contributed by atoms with Crippen molar-refractivity contribution in [2.24, 2.45) is 5.92 Å². The van der Waals surface area contributed by atoms with E-state index in [4.69, 9.17) is 4.74 Å². The molecule has 1 aliphatic rings. The third kappa shape index (κ3) is 5.13. The van der Waals surface area contributed by atoms with Crippen molar-refractivity contribution in [3.8, 4) is 0 Å². The van der Waals surface area contributed by atoms with Gasteiger partial charge in [-0.1, -0.05) is 57.8 Å². The number of H-pyrrole nitrogens is 1. The van der Waals surface area contributed by atoms with Crippen LogP contribution in [0.1, 0.15) is 63.9 Å². The van der Waals surface area contributed by atoms with Crippen LogP contribution >= 0.6 is 0 Å². The second-order valence-corrected chi connectivity index (χ2v) is 6.37. The molecule has 0 fully saturated rings. The second-order valence-electron chi connectivity index (χ2n) is 6.37. The molecule has 2 heterocycles. The molecule has 1 N–H and O–H groups in total. The van der Waals surface area contributed by atoms with Gasteiger partial charge in [-0.15, -0.1) is 0 Å². The van der Waals surface area contributed by atoms with E-state index in [9.17, 15) is 0 Å². The molecule has 3 heteroatoms. The first kappa shape index (κ1) is 17.0. The number of rotatable bonds is 8. The highest BCUT2D eigenvalue weighted by atomic mass is 16.5. The SMILES string of the molecule is CCCCCCC/C=C/[C@@H]1OC[C@H](C)C=C1c1cnc(C)[nH]1. The normalized spacial score (nSPS) is 22.2. The first-order valence-corrected chi connectivity index (χ1v) is 8.72. The highest BCUT2D eigenvalue weighted by Crippen LogP contribution is 2.27. The van der Waals surface area contributed by atoms with Crippen LogP contribution in [0, 0.1) is 12.8 Å². The van der Waals surface area contributed by atoms with E-state index in [-0.39, 0.29) is 6.10 Å². The van der Waals surface area contributed by atoms with Crippen molar-refractivity contribution in [1.82, 2.24) is 9.97 Å². The summed E-state index contributed by atoms with van der Waals surface area (Å²) in [6.07, 6.45) is 16.6. The molecule has 0 spiro atoms. The molecule has 2 rings (SSSR count). The molecule has 0 unspecified atom stereocenters. The van der Waals surface area contributed by atoms with Gasteiger partial charge in [0.2, 0.25) is 0 Å². The monoisotopic (exact) mass is 302 g/mol. The molecule has 0 amide bonds. The molecule has 0 bridgehead atoms. The van der Waals surface area contributed by atoms with Gasteiger partial charge in [-0.3, -0.25) is 0 Å². The van der Waals surface area contributed by atoms with Gasteiger partial charge in [-0.25, -0.2) is 4.98 Å². The largest absolute Gasteiger partial charge is 0.369 e. The second kappa shape index (κ2) is 8.94. The quantitative estimate of drug-likeness (QED) is 0.539. The number of allylic oxidation sites excluding steroid dienone is 1. The smallest absolute Gasteiger partial charge is 0.103 e. The summed E-state index contributed by atoms with van der Waals surface area (Å²) < 4.78 is 6.01. The fourth-order valence-corrected chi connectivity index (χ4v) is 2.85. The molecule has 1 aromatic heterocycles. The summed E-state index contributed by atoms with van der Waals surface area (Å²) in [5, 5.41) is 0. The van der Waals surface area contributed by atoms with E-state index >= 15 is 0 Å². The van der Waals surface area contributed by atoms with Crippen LogP contribution in [0.5, 0.6) is 0 Å². The summed E-state index contributed by atoms with van der Waals surface area (Å²) in [6.45, 7) is 7.23. The van der Waals surface area contributed by atoms with Gasteiger partial charge in [-0.05, 0) is 25.7 Å². The maximum absolute atomic E-state index is 6.01. The van der Waals surface area contributed by atoms with Crippen LogP contribution in [-0.4, -0.2) is 22.7 Å². The summed E-state index contributed by atoms with van der Waals surface area (Å²) in [7, 11) is 0. The van der Waals surface area contributed by atoms with Crippen molar-refractivity contribution in [2.45, 2.75) is 65.4 Å². The van der Waals surface area contributed by atoms with E-state index in [2.05, 4.69) is 42.0 Å². The minimum atomic E-state index is 0.0618. The zero-order chi connectivity index (χ0) is 15.8. The lowest BCUT2D eigenvalue weighted by atomic mass is 9.97. The molecule has 22 heavy (non-hydrogen) atoms. The molecule has 122 valence electrons. The topological polar surface area (TPSA) is 37.9 Å². The molecule has 1 aliphatic heterocycles. The molecule has 1 aromatic rings. The van der Waals surface area contributed by atoms with Crippen molar-refractivity contribution >= 4 is 5.57 Å². The van der Waals surface area contributed by atoms with Crippen LogP contribution in [0.2, 0.25) is 0 Å². The Morgan fingerprint density at radius 3 is 2.86 bits per heavy atom. The van der Waals surface area contributed by atoms with Gasteiger partial charge in [0.25, 0.3) is 0 Å². The Kier molecular flexibility index (Phi) is 6.91. The summed E-state index contributed by atoms with van der Waals surface area (Å²) in [5.74, 6) is 1.41. The van der Waals surface area contributed by atoms with E-state index in [1.54, 1.807) is 0 Å². The fourth-order valence-electron chi connectivity index (χ4n) is 2.85. The summed E-state index contributed by atoms with van der Waals surface area (Å²) >= 11 is 0. The highest BCUT2D eigenvalue weighted by molar-refractivity contribution is 5.68. The molecule has 0 aromatic carbocycles. The van der Waals surface area contributed by atoms with Crippen LogP contribution in [0.15, 0.2) is 24.4 Å². The molecule has 2 atom stereocenters. The van der Waals surface area contributed by atoms with E-state index in [0.29, 0.717) is 5.92 Å². The number of hydrogen-bond donors (Lipinski definition) is 1. The van der Waals surface area contributed by atoms with Crippen LogP contribution < -0.4 is 0 Å². The number of hydrogen-bond acceptors (Lipinski definition) is 2. The van der Waals surface area contributed by atoms with Crippen LogP contribution in [0.3, 0.4) is 0 Å². The van der Waals surface area contributed by atoms with E-state index in [0.717, 1.165) is 24.5 Å². The Bertz CT molecular complexity index is 501. The number of unbranched alkanes of at least 4 members (excludes halogenated alkanes) is 5. The van der Waals surface area contributed by atoms with Gasteiger partial charge >= 0.3 is 0 Å². The number of nitrogens with zero attached hydrogens (tertiary/aromatic N) is 1. The van der Waals surface area contributed by atoms with Crippen molar-refractivity contribution in [3.05, 3.63) is 35.9 Å². The zero-order valence-corrected chi connectivity index (χ0v) is 14.3. The lowest BCUT2D eigenvalue weighted by Crippen LogP contribution is -2.22. The highest BCUT2D eigenvalue weighted by Gasteiger charge is 2.21. The minimum Gasteiger partial charge on any atom is -0.369 e. The van der Waals surface area contributed by atoms with Gasteiger partial charge in [0.15, 0.2) is 0 Å². The Morgan fingerprint density at radius 2 is 2.14 bits per heavy atom. The lowest BCUT2D eigenvalue weighted by molar-refractivity contribution is 0.0939. The van der Waals surface area contributed by atoms with Gasteiger partial charge in [0.1, 0.15) is 11.9 Å². The molecular formula is C19H30N2O. The van der Waals surface area contributed by atoms with E-state index in [1.807, 2.05) is 13.1 Å². The maximum atomic E-state index is 6.01. The minimum absolute atomic E-state index is 0.0618. The number of aromatic nitrogens is 2. The first-order valence-electron chi connectivity index (χ1n) is 8.72.